The highest BCUT2D eigenvalue weighted by atomic mass is 16.7. The number of nitrogens with one attached hydrogen (secondary N) is 2. The van der Waals surface area contributed by atoms with Crippen molar-refractivity contribution >= 4 is 18.0 Å². The first-order chi connectivity index (χ1) is 13.5. The van der Waals surface area contributed by atoms with E-state index in [9.17, 15) is 14.4 Å². The minimum absolute atomic E-state index is 0.0253. The predicted molar refractivity (Wildman–Crippen MR) is 96.4 cm³/mol. The van der Waals surface area contributed by atoms with Gasteiger partial charge >= 0.3 is 12.1 Å². The number of benzene rings is 2. The van der Waals surface area contributed by atoms with Gasteiger partial charge in [0.05, 0.1) is 0 Å². The van der Waals surface area contributed by atoms with Gasteiger partial charge in [0.15, 0.2) is 12.2 Å². The van der Waals surface area contributed by atoms with E-state index < -0.39 is 30.2 Å². The molecule has 9 nitrogen and oxygen atoms in total. The van der Waals surface area contributed by atoms with Gasteiger partial charge in [-0.25, -0.2) is 15.1 Å². The van der Waals surface area contributed by atoms with E-state index in [1.165, 1.54) is 6.92 Å². The summed E-state index contributed by atoms with van der Waals surface area (Å²) in [5.41, 5.74) is 5.25. The number of carboxylic acid groups (broad SMARTS) is 1. The SMILES string of the molecule is C[C@H](ONC(=O)[C@@H](ONC(=O)OCc1ccccc1)c1ccccc1)C(=O)O. The highest BCUT2D eigenvalue weighted by Crippen LogP contribution is 2.16. The molecule has 2 atom stereocenters. The monoisotopic (exact) mass is 388 g/mol. The Morgan fingerprint density at radius 3 is 2.14 bits per heavy atom. The van der Waals surface area contributed by atoms with Crippen LogP contribution in [0.15, 0.2) is 60.7 Å². The van der Waals surface area contributed by atoms with E-state index in [4.69, 9.17) is 19.5 Å². The van der Waals surface area contributed by atoms with Crippen molar-refractivity contribution in [3.05, 3.63) is 71.8 Å². The molecule has 0 unspecified atom stereocenters. The molecular weight excluding hydrogens is 368 g/mol. The maximum atomic E-state index is 12.3. The van der Waals surface area contributed by atoms with Gasteiger partial charge in [-0.1, -0.05) is 60.7 Å². The summed E-state index contributed by atoms with van der Waals surface area (Å²) < 4.78 is 5.01. The van der Waals surface area contributed by atoms with Gasteiger partial charge in [0.25, 0.3) is 5.91 Å². The molecule has 0 radical (unpaired) electrons. The van der Waals surface area contributed by atoms with Crippen LogP contribution in [0.1, 0.15) is 24.2 Å². The molecule has 0 spiro atoms. The molecule has 148 valence electrons. The summed E-state index contributed by atoms with van der Waals surface area (Å²) in [7, 11) is 0. The van der Waals surface area contributed by atoms with Gasteiger partial charge in [-0.05, 0) is 18.1 Å². The number of carbonyl (C=O) groups excluding carboxylic acids is 2. The summed E-state index contributed by atoms with van der Waals surface area (Å²) >= 11 is 0. The van der Waals surface area contributed by atoms with Crippen molar-refractivity contribution in [2.24, 2.45) is 0 Å². The Morgan fingerprint density at radius 1 is 0.929 bits per heavy atom. The first-order valence-corrected chi connectivity index (χ1v) is 8.33. The van der Waals surface area contributed by atoms with Gasteiger partial charge in [-0.3, -0.25) is 14.5 Å². The van der Waals surface area contributed by atoms with Gasteiger partial charge in [-0.15, -0.1) is 0 Å². The highest BCUT2D eigenvalue weighted by Gasteiger charge is 2.25. The number of amides is 2. The summed E-state index contributed by atoms with van der Waals surface area (Å²) in [6.07, 6.45) is -3.44. The summed E-state index contributed by atoms with van der Waals surface area (Å²) in [5, 5.41) is 8.80. The number of hydrogen-bond donors (Lipinski definition) is 3. The van der Waals surface area contributed by atoms with Crippen molar-refractivity contribution in [1.82, 2.24) is 11.0 Å². The lowest BCUT2D eigenvalue weighted by molar-refractivity contribution is -0.165. The second kappa shape index (κ2) is 10.7. The topological polar surface area (TPSA) is 123 Å². The smallest absolute Gasteiger partial charge is 0.431 e. The fraction of sp³-hybridized carbons (Fsp3) is 0.211. The lowest BCUT2D eigenvalue weighted by Crippen LogP contribution is -2.39. The molecule has 0 bridgehead atoms. The van der Waals surface area contributed by atoms with E-state index >= 15 is 0 Å². The van der Waals surface area contributed by atoms with Crippen LogP contribution in [0.25, 0.3) is 0 Å². The number of hydrogen-bond acceptors (Lipinski definition) is 6. The van der Waals surface area contributed by atoms with Gasteiger partial charge in [-0.2, -0.15) is 5.48 Å². The molecule has 9 heteroatoms. The van der Waals surface area contributed by atoms with Crippen LogP contribution in [0.3, 0.4) is 0 Å². The number of rotatable bonds is 9. The van der Waals surface area contributed by atoms with Gasteiger partial charge in [0, 0.05) is 0 Å². The zero-order valence-electron chi connectivity index (χ0n) is 15.0. The van der Waals surface area contributed by atoms with E-state index in [2.05, 4.69) is 0 Å². The lowest BCUT2D eigenvalue weighted by Gasteiger charge is -2.18. The molecule has 3 N–H and O–H groups in total. The van der Waals surface area contributed by atoms with Crippen LogP contribution in [0.2, 0.25) is 0 Å². The van der Waals surface area contributed by atoms with Crippen molar-refractivity contribution in [3.63, 3.8) is 0 Å². The van der Waals surface area contributed by atoms with Crippen LogP contribution in [0.5, 0.6) is 0 Å². The highest BCUT2D eigenvalue weighted by molar-refractivity contribution is 5.82. The molecule has 0 aliphatic heterocycles. The molecule has 0 aromatic heterocycles. The number of aliphatic carboxylic acids is 1. The molecule has 0 saturated heterocycles. The van der Waals surface area contributed by atoms with Crippen LogP contribution in [0.4, 0.5) is 4.79 Å². The van der Waals surface area contributed by atoms with E-state index in [0.717, 1.165) is 5.56 Å². The third kappa shape index (κ3) is 6.71. The summed E-state index contributed by atoms with van der Waals surface area (Å²) in [4.78, 5) is 44.8. The molecule has 0 saturated carbocycles. The summed E-state index contributed by atoms with van der Waals surface area (Å²) in [5.74, 6) is -2.05. The zero-order chi connectivity index (χ0) is 20.4. The van der Waals surface area contributed by atoms with E-state index in [1.54, 1.807) is 54.6 Å². The molecule has 0 aliphatic carbocycles. The number of carboxylic acids is 1. The molecule has 0 aliphatic rings. The van der Waals surface area contributed by atoms with Crippen molar-refractivity contribution < 1.29 is 33.9 Å². The van der Waals surface area contributed by atoms with E-state index in [-0.39, 0.29) is 6.61 Å². The molecule has 2 aromatic rings. The Bertz CT molecular complexity index is 783. The van der Waals surface area contributed by atoms with Gasteiger partial charge < -0.3 is 9.84 Å². The summed E-state index contributed by atoms with van der Waals surface area (Å²) in [6.45, 7) is 1.28. The Hall–Kier alpha value is -3.43. The van der Waals surface area contributed by atoms with Crippen molar-refractivity contribution in [1.29, 1.82) is 0 Å². The fourth-order valence-electron chi connectivity index (χ4n) is 2.01. The van der Waals surface area contributed by atoms with Crippen LogP contribution < -0.4 is 11.0 Å². The molecule has 2 rings (SSSR count). The lowest BCUT2D eigenvalue weighted by atomic mass is 10.1. The predicted octanol–water partition coefficient (Wildman–Crippen LogP) is 2.11. The Balaban J connectivity index is 1.93. The largest absolute Gasteiger partial charge is 0.479 e. The van der Waals surface area contributed by atoms with Gasteiger partial charge in [0.2, 0.25) is 0 Å². The molecule has 0 fully saturated rings. The molecule has 0 heterocycles. The maximum Gasteiger partial charge on any atom is 0.431 e. The fourth-order valence-corrected chi connectivity index (χ4v) is 2.01. The Kier molecular flexibility index (Phi) is 7.94. The van der Waals surface area contributed by atoms with Crippen LogP contribution in [0, 0.1) is 0 Å². The second-order valence-corrected chi connectivity index (χ2v) is 5.64. The summed E-state index contributed by atoms with van der Waals surface area (Å²) in [6, 6.07) is 17.3. The third-order valence-corrected chi connectivity index (χ3v) is 3.50. The van der Waals surface area contributed by atoms with Crippen molar-refractivity contribution in [2.75, 3.05) is 0 Å². The molecule has 2 aromatic carbocycles. The maximum absolute atomic E-state index is 12.3. The normalized spacial score (nSPS) is 12.5. The number of ether oxygens (including phenoxy) is 1. The van der Waals surface area contributed by atoms with E-state index in [0.29, 0.717) is 5.56 Å². The number of carbonyl (C=O) groups is 3. The minimum atomic E-state index is -1.29. The first-order valence-electron chi connectivity index (χ1n) is 8.33. The van der Waals surface area contributed by atoms with Crippen molar-refractivity contribution in [3.8, 4) is 0 Å². The average molecular weight is 388 g/mol. The van der Waals surface area contributed by atoms with Crippen LogP contribution in [-0.4, -0.2) is 29.2 Å². The van der Waals surface area contributed by atoms with Gasteiger partial charge in [0.1, 0.15) is 6.61 Å². The standard InChI is InChI=1S/C19H20N2O7/c1-13(18(23)24)27-20-17(22)16(15-10-6-3-7-11-15)28-21-19(25)26-12-14-8-4-2-5-9-14/h2-11,13,16H,12H2,1H3,(H,20,22)(H,21,25)(H,23,24)/t13-,16-/m0/s1. The third-order valence-electron chi connectivity index (χ3n) is 3.50. The molecule has 28 heavy (non-hydrogen) atoms. The quantitative estimate of drug-likeness (QED) is 0.562. The zero-order valence-corrected chi connectivity index (χ0v) is 15.0. The first kappa shape index (κ1) is 20.9. The average Bonchev–Trinajstić information content (AvgIpc) is 2.72. The second-order valence-electron chi connectivity index (χ2n) is 5.64. The minimum Gasteiger partial charge on any atom is -0.479 e. The number of hydroxylamine groups is 2. The van der Waals surface area contributed by atoms with Crippen LogP contribution in [-0.2, 0) is 30.6 Å². The van der Waals surface area contributed by atoms with E-state index in [1.807, 2.05) is 17.0 Å². The van der Waals surface area contributed by atoms with Crippen molar-refractivity contribution in [2.45, 2.75) is 25.7 Å². The Morgan fingerprint density at radius 2 is 1.54 bits per heavy atom. The molecule has 2 amide bonds. The molecular formula is C19H20N2O7. The Labute approximate surface area is 161 Å². The van der Waals surface area contributed by atoms with Crippen LogP contribution >= 0.6 is 0 Å².